The van der Waals surface area contributed by atoms with Crippen molar-refractivity contribution in [2.24, 2.45) is 5.73 Å². The molecule has 0 bridgehead atoms. The average Bonchev–Trinajstić information content (AvgIpc) is 2.36. The molecule has 0 aromatic carbocycles. The van der Waals surface area contributed by atoms with Gasteiger partial charge in [0.15, 0.2) is 0 Å². The Morgan fingerprint density at radius 1 is 1.42 bits per heavy atom. The Kier molecular flexibility index (Phi) is 6.08. The van der Waals surface area contributed by atoms with E-state index >= 15 is 0 Å². The lowest BCUT2D eigenvalue weighted by Crippen LogP contribution is -2.27. The van der Waals surface area contributed by atoms with E-state index in [9.17, 15) is 9.59 Å². The van der Waals surface area contributed by atoms with Gasteiger partial charge in [-0.1, -0.05) is 11.6 Å². The number of primary amides is 1. The minimum atomic E-state index is -0.389. The van der Waals surface area contributed by atoms with Crippen LogP contribution >= 0.6 is 11.6 Å². The SMILES string of the molecule is CCNc1ccc(Cl)c(C(=O)NCCCC(N)=O)n1. The predicted molar refractivity (Wildman–Crippen MR) is 74.2 cm³/mol. The topological polar surface area (TPSA) is 97.1 Å². The molecular formula is C12H17ClN4O2. The van der Waals surface area contributed by atoms with E-state index in [1.165, 1.54) is 0 Å². The third kappa shape index (κ3) is 5.13. The van der Waals surface area contributed by atoms with Crippen molar-refractivity contribution in [3.8, 4) is 0 Å². The van der Waals surface area contributed by atoms with Gasteiger partial charge in [-0.05, 0) is 25.5 Å². The number of halogens is 1. The second kappa shape index (κ2) is 7.58. The maximum atomic E-state index is 11.9. The van der Waals surface area contributed by atoms with Crippen LogP contribution in [0.3, 0.4) is 0 Å². The van der Waals surface area contributed by atoms with Gasteiger partial charge in [-0.2, -0.15) is 0 Å². The molecule has 0 saturated carbocycles. The molecule has 6 nitrogen and oxygen atoms in total. The maximum absolute atomic E-state index is 11.9. The predicted octanol–water partition coefficient (Wildman–Crippen LogP) is 1.16. The zero-order valence-corrected chi connectivity index (χ0v) is 11.5. The van der Waals surface area contributed by atoms with Gasteiger partial charge < -0.3 is 16.4 Å². The summed E-state index contributed by atoms with van der Waals surface area (Å²) in [6.07, 6.45) is 0.727. The number of anilines is 1. The number of aromatic nitrogens is 1. The fraction of sp³-hybridized carbons (Fsp3) is 0.417. The Balaban J connectivity index is 2.60. The van der Waals surface area contributed by atoms with Crippen molar-refractivity contribution in [2.45, 2.75) is 19.8 Å². The normalized spacial score (nSPS) is 10.0. The van der Waals surface area contributed by atoms with Crippen molar-refractivity contribution < 1.29 is 9.59 Å². The Hall–Kier alpha value is -1.82. The summed E-state index contributed by atoms with van der Waals surface area (Å²) in [5, 5.41) is 5.93. The second-order valence-corrected chi connectivity index (χ2v) is 4.29. The van der Waals surface area contributed by atoms with E-state index in [0.29, 0.717) is 25.3 Å². The lowest BCUT2D eigenvalue weighted by Gasteiger charge is -2.08. The molecule has 7 heteroatoms. The molecule has 0 unspecified atom stereocenters. The first-order valence-electron chi connectivity index (χ1n) is 6.01. The number of pyridine rings is 1. The summed E-state index contributed by atoms with van der Waals surface area (Å²) in [7, 11) is 0. The van der Waals surface area contributed by atoms with Crippen molar-refractivity contribution in [2.75, 3.05) is 18.4 Å². The number of hydrogen-bond acceptors (Lipinski definition) is 4. The highest BCUT2D eigenvalue weighted by molar-refractivity contribution is 6.33. The summed E-state index contributed by atoms with van der Waals surface area (Å²) < 4.78 is 0. The number of hydrogen-bond donors (Lipinski definition) is 3. The summed E-state index contributed by atoms with van der Waals surface area (Å²) in [5.74, 6) is -0.164. The van der Waals surface area contributed by atoms with Crippen LogP contribution in [-0.2, 0) is 4.79 Å². The van der Waals surface area contributed by atoms with Gasteiger partial charge in [-0.25, -0.2) is 4.98 Å². The van der Waals surface area contributed by atoms with E-state index in [4.69, 9.17) is 17.3 Å². The molecule has 19 heavy (non-hydrogen) atoms. The van der Waals surface area contributed by atoms with E-state index in [1.807, 2.05) is 6.92 Å². The molecular weight excluding hydrogens is 268 g/mol. The smallest absolute Gasteiger partial charge is 0.271 e. The minimum Gasteiger partial charge on any atom is -0.370 e. The van der Waals surface area contributed by atoms with Crippen LogP contribution in [0.2, 0.25) is 5.02 Å². The molecule has 1 aromatic heterocycles. The molecule has 1 heterocycles. The molecule has 4 N–H and O–H groups in total. The Morgan fingerprint density at radius 3 is 2.79 bits per heavy atom. The quantitative estimate of drug-likeness (QED) is 0.655. The highest BCUT2D eigenvalue weighted by atomic mass is 35.5. The third-order valence-corrected chi connectivity index (χ3v) is 2.61. The first-order chi connectivity index (χ1) is 9.04. The molecule has 0 radical (unpaired) electrons. The van der Waals surface area contributed by atoms with Crippen LogP contribution in [-0.4, -0.2) is 29.9 Å². The molecule has 0 aliphatic heterocycles. The molecule has 2 amide bonds. The van der Waals surface area contributed by atoms with Crippen LogP contribution < -0.4 is 16.4 Å². The molecule has 0 aliphatic rings. The molecule has 1 rings (SSSR count). The van der Waals surface area contributed by atoms with Crippen LogP contribution in [0.15, 0.2) is 12.1 Å². The Morgan fingerprint density at radius 2 is 2.16 bits per heavy atom. The summed E-state index contributed by atoms with van der Waals surface area (Å²) in [4.78, 5) is 26.5. The van der Waals surface area contributed by atoms with Crippen LogP contribution in [0.4, 0.5) is 5.82 Å². The van der Waals surface area contributed by atoms with Gasteiger partial charge in [-0.15, -0.1) is 0 Å². The number of nitrogens with zero attached hydrogens (tertiary/aromatic N) is 1. The standard InChI is InChI=1S/C12H17ClN4O2/c1-2-15-10-6-5-8(13)11(17-10)12(19)16-7-3-4-9(14)18/h5-6H,2-4,7H2,1H3,(H2,14,18)(H,15,17)(H,16,19). The van der Waals surface area contributed by atoms with Crippen molar-refractivity contribution in [1.29, 1.82) is 0 Å². The third-order valence-electron chi connectivity index (χ3n) is 2.30. The summed E-state index contributed by atoms with van der Waals surface area (Å²) >= 11 is 5.93. The maximum Gasteiger partial charge on any atom is 0.271 e. The second-order valence-electron chi connectivity index (χ2n) is 3.88. The van der Waals surface area contributed by atoms with Gasteiger partial charge in [0, 0.05) is 19.5 Å². The van der Waals surface area contributed by atoms with Crippen molar-refractivity contribution >= 4 is 29.2 Å². The van der Waals surface area contributed by atoms with E-state index in [1.54, 1.807) is 12.1 Å². The highest BCUT2D eigenvalue weighted by Crippen LogP contribution is 2.16. The number of nitrogens with two attached hydrogens (primary N) is 1. The molecule has 0 atom stereocenters. The fourth-order valence-electron chi connectivity index (χ4n) is 1.43. The molecule has 0 aliphatic carbocycles. The van der Waals surface area contributed by atoms with Crippen molar-refractivity contribution in [1.82, 2.24) is 10.3 Å². The number of carbonyl (C=O) groups is 2. The molecule has 1 aromatic rings. The van der Waals surface area contributed by atoms with Crippen molar-refractivity contribution in [3.63, 3.8) is 0 Å². The zero-order valence-electron chi connectivity index (χ0n) is 10.7. The number of rotatable bonds is 7. The fourth-order valence-corrected chi connectivity index (χ4v) is 1.62. The van der Waals surface area contributed by atoms with Crippen LogP contribution in [0.25, 0.3) is 0 Å². The van der Waals surface area contributed by atoms with Gasteiger partial charge in [-0.3, -0.25) is 9.59 Å². The first kappa shape index (κ1) is 15.2. The average molecular weight is 285 g/mol. The monoisotopic (exact) mass is 284 g/mol. The van der Waals surface area contributed by atoms with Crippen LogP contribution in [0, 0.1) is 0 Å². The Bertz CT molecular complexity index is 465. The molecule has 104 valence electrons. The molecule has 0 saturated heterocycles. The summed E-state index contributed by atoms with van der Waals surface area (Å²) in [6, 6.07) is 3.32. The lowest BCUT2D eigenvalue weighted by atomic mass is 10.3. The van der Waals surface area contributed by atoms with E-state index < -0.39 is 0 Å². The van der Waals surface area contributed by atoms with Crippen LogP contribution in [0.5, 0.6) is 0 Å². The number of carbonyl (C=O) groups excluding carboxylic acids is 2. The minimum absolute atomic E-state index is 0.166. The van der Waals surface area contributed by atoms with E-state index in [2.05, 4.69) is 15.6 Å². The van der Waals surface area contributed by atoms with Gasteiger partial charge in [0.05, 0.1) is 5.02 Å². The summed E-state index contributed by atoms with van der Waals surface area (Å²) in [5.41, 5.74) is 5.17. The zero-order chi connectivity index (χ0) is 14.3. The van der Waals surface area contributed by atoms with E-state index in [0.717, 1.165) is 0 Å². The lowest BCUT2D eigenvalue weighted by molar-refractivity contribution is -0.118. The van der Waals surface area contributed by atoms with Gasteiger partial charge in [0.2, 0.25) is 5.91 Å². The summed E-state index contributed by atoms with van der Waals surface area (Å²) in [6.45, 7) is 2.99. The largest absolute Gasteiger partial charge is 0.370 e. The van der Waals surface area contributed by atoms with Crippen molar-refractivity contribution in [3.05, 3.63) is 22.8 Å². The van der Waals surface area contributed by atoms with Gasteiger partial charge >= 0.3 is 0 Å². The molecule has 0 fully saturated rings. The first-order valence-corrected chi connectivity index (χ1v) is 6.39. The van der Waals surface area contributed by atoms with Crippen LogP contribution in [0.1, 0.15) is 30.3 Å². The highest BCUT2D eigenvalue weighted by Gasteiger charge is 2.12. The van der Waals surface area contributed by atoms with E-state index in [-0.39, 0.29) is 29.0 Å². The van der Waals surface area contributed by atoms with Gasteiger partial charge in [0.25, 0.3) is 5.91 Å². The molecule has 0 spiro atoms. The van der Waals surface area contributed by atoms with Gasteiger partial charge in [0.1, 0.15) is 11.5 Å². The Labute approximate surface area is 116 Å². The number of amides is 2. The number of nitrogens with one attached hydrogen (secondary N) is 2.